The minimum absolute atomic E-state index is 0.0646. The van der Waals surface area contributed by atoms with Crippen LogP contribution in [0.3, 0.4) is 0 Å². The van der Waals surface area contributed by atoms with Crippen LogP contribution in [-0.2, 0) is 14.4 Å². The Hall–Kier alpha value is -3.19. The Kier molecular flexibility index (Phi) is 7.08. The van der Waals surface area contributed by atoms with Gasteiger partial charge in [0.2, 0.25) is 5.91 Å². The smallest absolute Gasteiger partial charge is 0.324 e. The van der Waals surface area contributed by atoms with Gasteiger partial charge in [0.05, 0.1) is 17.1 Å². The Bertz CT molecular complexity index is 896. The van der Waals surface area contributed by atoms with Gasteiger partial charge in [0.15, 0.2) is 0 Å². The number of nitrogens with zero attached hydrogens (tertiary/aromatic N) is 1. The molecule has 0 atom stereocenters. The lowest BCUT2D eigenvalue weighted by atomic mass is 10.2. The third-order valence-electron chi connectivity index (χ3n) is 3.51. The summed E-state index contributed by atoms with van der Waals surface area (Å²) in [5.74, 6) is -2.12. The van der Waals surface area contributed by atoms with Gasteiger partial charge in [-0.2, -0.15) is 5.10 Å². The number of nitrogens with one attached hydrogen (secondary N) is 3. The first kappa shape index (κ1) is 20.1. The van der Waals surface area contributed by atoms with Crippen LogP contribution in [0.2, 0.25) is 5.02 Å². The van der Waals surface area contributed by atoms with Crippen molar-refractivity contribution in [3.63, 3.8) is 0 Å². The molecule has 2 aromatic carbocycles. The van der Waals surface area contributed by atoms with Crippen LogP contribution in [0.25, 0.3) is 0 Å². The van der Waals surface area contributed by atoms with Crippen molar-refractivity contribution in [2.45, 2.75) is 20.3 Å². The van der Waals surface area contributed by atoms with Crippen LogP contribution in [0.15, 0.2) is 53.6 Å². The van der Waals surface area contributed by atoms with E-state index in [4.69, 9.17) is 11.6 Å². The molecular weight excluding hydrogens is 368 g/mol. The van der Waals surface area contributed by atoms with E-state index in [1.807, 2.05) is 19.1 Å². The molecule has 2 aromatic rings. The Balaban J connectivity index is 1.86. The number of carbonyl (C=O) groups excluding carboxylic acids is 3. The van der Waals surface area contributed by atoms with Gasteiger partial charge in [-0.25, -0.2) is 5.43 Å². The summed E-state index contributed by atoms with van der Waals surface area (Å²) in [6, 6.07) is 13.9. The maximum absolute atomic E-state index is 12.0. The standard InChI is InChI=1S/C19H19ClN4O3/c1-12-7-3-5-9-15(12)22-18(26)19(27)24-23-13(2)11-17(25)21-16-10-6-4-8-14(16)20/h3-10H,11H2,1-2H3,(H,21,25)(H,22,26)(H,24,27)/b23-13+. The summed E-state index contributed by atoms with van der Waals surface area (Å²) in [5, 5.41) is 9.34. The largest absolute Gasteiger partial charge is 0.329 e. The quantitative estimate of drug-likeness (QED) is 0.418. The molecule has 3 N–H and O–H groups in total. The maximum atomic E-state index is 12.0. The second-order valence-corrected chi connectivity index (χ2v) is 6.17. The fourth-order valence-corrected chi connectivity index (χ4v) is 2.30. The van der Waals surface area contributed by atoms with Crippen molar-refractivity contribution in [3.05, 3.63) is 59.1 Å². The van der Waals surface area contributed by atoms with Crippen LogP contribution >= 0.6 is 11.6 Å². The highest BCUT2D eigenvalue weighted by molar-refractivity contribution is 6.39. The predicted octanol–water partition coefficient (Wildman–Crippen LogP) is 3.11. The van der Waals surface area contributed by atoms with Crippen LogP contribution < -0.4 is 16.1 Å². The first-order valence-corrected chi connectivity index (χ1v) is 8.49. The fourth-order valence-electron chi connectivity index (χ4n) is 2.12. The van der Waals surface area contributed by atoms with E-state index in [9.17, 15) is 14.4 Å². The van der Waals surface area contributed by atoms with Crippen LogP contribution in [0, 0.1) is 6.92 Å². The fraction of sp³-hybridized carbons (Fsp3) is 0.158. The number of hydrazone groups is 1. The number of para-hydroxylation sites is 2. The highest BCUT2D eigenvalue weighted by Gasteiger charge is 2.14. The van der Waals surface area contributed by atoms with Crippen molar-refractivity contribution in [1.29, 1.82) is 0 Å². The number of rotatable bonds is 5. The zero-order chi connectivity index (χ0) is 19.8. The molecule has 0 fully saturated rings. The van der Waals surface area contributed by atoms with E-state index in [2.05, 4.69) is 21.2 Å². The number of carbonyl (C=O) groups is 3. The second-order valence-electron chi connectivity index (χ2n) is 5.76. The maximum Gasteiger partial charge on any atom is 0.329 e. The van der Waals surface area contributed by atoms with Crippen molar-refractivity contribution in [1.82, 2.24) is 5.43 Å². The summed E-state index contributed by atoms with van der Waals surface area (Å²) in [7, 11) is 0. The molecule has 0 saturated heterocycles. The number of aryl methyl sites for hydroxylation is 1. The van der Waals surface area contributed by atoms with Gasteiger partial charge < -0.3 is 10.6 Å². The molecule has 0 aliphatic rings. The Labute approximate surface area is 161 Å². The Morgan fingerprint density at radius 2 is 1.56 bits per heavy atom. The molecule has 3 amide bonds. The van der Waals surface area contributed by atoms with Gasteiger partial charge >= 0.3 is 11.8 Å². The zero-order valence-electron chi connectivity index (χ0n) is 14.9. The van der Waals surface area contributed by atoms with E-state index >= 15 is 0 Å². The van der Waals surface area contributed by atoms with Crippen molar-refractivity contribution >= 4 is 46.4 Å². The van der Waals surface area contributed by atoms with Gasteiger partial charge in [0.1, 0.15) is 0 Å². The molecule has 0 aliphatic carbocycles. The molecule has 0 aromatic heterocycles. The minimum atomic E-state index is -0.927. The van der Waals surface area contributed by atoms with Gasteiger partial charge in [-0.15, -0.1) is 0 Å². The molecule has 27 heavy (non-hydrogen) atoms. The molecule has 0 bridgehead atoms. The number of hydrogen-bond acceptors (Lipinski definition) is 4. The molecule has 0 spiro atoms. The van der Waals surface area contributed by atoms with Crippen molar-refractivity contribution < 1.29 is 14.4 Å². The molecule has 0 radical (unpaired) electrons. The SMILES string of the molecule is C/C(CC(=O)Nc1ccccc1Cl)=N\NC(=O)C(=O)Nc1ccccc1C. The molecular formula is C19H19ClN4O3. The van der Waals surface area contributed by atoms with E-state index in [0.29, 0.717) is 22.1 Å². The van der Waals surface area contributed by atoms with Crippen LogP contribution in [-0.4, -0.2) is 23.4 Å². The first-order valence-electron chi connectivity index (χ1n) is 8.11. The lowest BCUT2D eigenvalue weighted by Crippen LogP contribution is -2.33. The average Bonchev–Trinajstić information content (AvgIpc) is 2.63. The molecule has 0 saturated carbocycles. The van der Waals surface area contributed by atoms with Gasteiger partial charge in [0.25, 0.3) is 0 Å². The second kappa shape index (κ2) is 9.49. The lowest BCUT2D eigenvalue weighted by Gasteiger charge is -2.08. The average molecular weight is 387 g/mol. The zero-order valence-corrected chi connectivity index (χ0v) is 15.6. The van der Waals surface area contributed by atoms with Crippen molar-refractivity contribution in [3.8, 4) is 0 Å². The van der Waals surface area contributed by atoms with E-state index < -0.39 is 11.8 Å². The minimum Gasteiger partial charge on any atom is -0.324 e. The monoisotopic (exact) mass is 386 g/mol. The van der Waals surface area contributed by atoms with Crippen LogP contribution in [0.4, 0.5) is 11.4 Å². The molecule has 0 aliphatic heterocycles. The highest BCUT2D eigenvalue weighted by atomic mass is 35.5. The van der Waals surface area contributed by atoms with Gasteiger partial charge in [0, 0.05) is 11.4 Å². The van der Waals surface area contributed by atoms with Gasteiger partial charge in [-0.05, 0) is 37.6 Å². The number of anilines is 2. The molecule has 2 rings (SSSR count). The predicted molar refractivity (Wildman–Crippen MR) is 106 cm³/mol. The number of hydrogen-bond donors (Lipinski definition) is 3. The summed E-state index contributed by atoms with van der Waals surface area (Å²) in [5.41, 5.74) is 4.32. The molecule has 0 heterocycles. The number of amides is 3. The normalized spacial score (nSPS) is 10.9. The molecule has 8 heteroatoms. The van der Waals surface area contributed by atoms with E-state index in [1.165, 1.54) is 0 Å². The summed E-state index contributed by atoms with van der Waals surface area (Å²) in [6.45, 7) is 3.37. The van der Waals surface area contributed by atoms with Gasteiger partial charge in [-0.3, -0.25) is 14.4 Å². The summed E-state index contributed by atoms with van der Waals surface area (Å²) >= 11 is 5.97. The van der Waals surface area contributed by atoms with Crippen LogP contribution in [0.5, 0.6) is 0 Å². The van der Waals surface area contributed by atoms with E-state index in [0.717, 1.165) is 5.56 Å². The molecule has 140 valence electrons. The first-order chi connectivity index (χ1) is 12.9. The molecule has 7 nitrogen and oxygen atoms in total. The third kappa shape index (κ3) is 6.23. The summed E-state index contributed by atoms with van der Waals surface area (Å²) < 4.78 is 0. The van der Waals surface area contributed by atoms with Crippen LogP contribution in [0.1, 0.15) is 18.9 Å². The topological polar surface area (TPSA) is 99.7 Å². The van der Waals surface area contributed by atoms with Gasteiger partial charge in [-0.1, -0.05) is 41.9 Å². The lowest BCUT2D eigenvalue weighted by molar-refractivity contribution is -0.136. The summed E-state index contributed by atoms with van der Waals surface area (Å²) in [6.07, 6.45) is -0.0646. The number of halogens is 1. The van der Waals surface area contributed by atoms with Crippen molar-refractivity contribution in [2.24, 2.45) is 5.10 Å². The third-order valence-corrected chi connectivity index (χ3v) is 3.84. The Morgan fingerprint density at radius 1 is 0.926 bits per heavy atom. The van der Waals surface area contributed by atoms with E-state index in [-0.39, 0.29) is 12.3 Å². The Morgan fingerprint density at radius 3 is 2.22 bits per heavy atom. The van der Waals surface area contributed by atoms with Crippen molar-refractivity contribution in [2.75, 3.05) is 10.6 Å². The highest BCUT2D eigenvalue weighted by Crippen LogP contribution is 2.20. The summed E-state index contributed by atoms with van der Waals surface area (Å²) in [4.78, 5) is 35.7. The number of benzene rings is 2. The van der Waals surface area contributed by atoms with E-state index in [1.54, 1.807) is 43.3 Å². The molecule has 0 unspecified atom stereocenters.